The van der Waals surface area contributed by atoms with Crippen LogP contribution in [0, 0.1) is 0 Å². The minimum absolute atomic E-state index is 0.0155. The van der Waals surface area contributed by atoms with Gasteiger partial charge in [-0.15, -0.1) is 0 Å². The van der Waals surface area contributed by atoms with Gasteiger partial charge in [0.25, 0.3) is 15.9 Å². The third-order valence-corrected chi connectivity index (χ3v) is 5.13. The first-order chi connectivity index (χ1) is 13.3. The molecule has 1 aliphatic rings. The SMILES string of the molecule is NC(=O)COC(=O)c1ccc(NS(=O)(=O)c2ccc3c(c2)OCCCO3)cc1. The summed E-state index contributed by atoms with van der Waals surface area (Å²) in [5.41, 5.74) is 5.31. The molecule has 10 heteroatoms. The number of anilines is 1. The van der Waals surface area contributed by atoms with Gasteiger partial charge in [0.15, 0.2) is 18.1 Å². The molecule has 2 aromatic rings. The molecule has 0 unspecified atom stereocenters. The molecule has 0 saturated heterocycles. The van der Waals surface area contributed by atoms with E-state index in [0.29, 0.717) is 31.1 Å². The van der Waals surface area contributed by atoms with Crippen molar-refractivity contribution in [2.24, 2.45) is 5.73 Å². The molecule has 28 heavy (non-hydrogen) atoms. The Kier molecular flexibility index (Phi) is 5.69. The van der Waals surface area contributed by atoms with E-state index in [4.69, 9.17) is 15.2 Å². The molecule has 0 aliphatic carbocycles. The van der Waals surface area contributed by atoms with E-state index < -0.39 is 28.5 Å². The summed E-state index contributed by atoms with van der Waals surface area (Å²) in [5, 5.41) is 0. The van der Waals surface area contributed by atoms with Crippen LogP contribution in [0.2, 0.25) is 0 Å². The second-order valence-corrected chi connectivity index (χ2v) is 7.57. The van der Waals surface area contributed by atoms with Crippen molar-refractivity contribution in [3.05, 3.63) is 48.0 Å². The van der Waals surface area contributed by atoms with Gasteiger partial charge >= 0.3 is 5.97 Å². The third-order valence-electron chi connectivity index (χ3n) is 3.75. The van der Waals surface area contributed by atoms with Crippen molar-refractivity contribution >= 4 is 27.6 Å². The lowest BCUT2D eigenvalue weighted by molar-refractivity contribution is -0.121. The minimum atomic E-state index is -3.88. The van der Waals surface area contributed by atoms with E-state index in [0.717, 1.165) is 0 Å². The molecule has 0 radical (unpaired) electrons. The number of carbonyl (C=O) groups is 2. The van der Waals surface area contributed by atoms with Crippen LogP contribution >= 0.6 is 0 Å². The molecule has 3 rings (SSSR count). The molecule has 1 heterocycles. The van der Waals surface area contributed by atoms with Gasteiger partial charge in [-0.05, 0) is 36.4 Å². The highest BCUT2D eigenvalue weighted by molar-refractivity contribution is 7.92. The fraction of sp³-hybridized carbons (Fsp3) is 0.222. The van der Waals surface area contributed by atoms with Gasteiger partial charge in [-0.2, -0.15) is 0 Å². The summed E-state index contributed by atoms with van der Waals surface area (Å²) in [5.74, 6) is -0.646. The second-order valence-electron chi connectivity index (χ2n) is 5.88. The number of nitrogens with one attached hydrogen (secondary N) is 1. The Morgan fingerprint density at radius 3 is 2.39 bits per heavy atom. The van der Waals surface area contributed by atoms with Crippen molar-refractivity contribution in [2.45, 2.75) is 11.3 Å². The molecule has 3 N–H and O–H groups in total. The number of primary amides is 1. The van der Waals surface area contributed by atoms with Gasteiger partial charge in [0.1, 0.15) is 0 Å². The molecule has 0 atom stereocenters. The molecule has 9 nitrogen and oxygen atoms in total. The number of amides is 1. The number of esters is 1. The molecular weight excluding hydrogens is 388 g/mol. The van der Waals surface area contributed by atoms with E-state index in [1.165, 1.54) is 36.4 Å². The average molecular weight is 406 g/mol. The topological polar surface area (TPSA) is 134 Å². The van der Waals surface area contributed by atoms with E-state index in [1.54, 1.807) is 6.07 Å². The fourth-order valence-corrected chi connectivity index (χ4v) is 3.49. The lowest BCUT2D eigenvalue weighted by Crippen LogP contribution is -2.20. The Balaban J connectivity index is 1.73. The molecule has 0 saturated carbocycles. The summed E-state index contributed by atoms with van der Waals surface area (Å²) < 4.78 is 43.4. The number of carbonyl (C=O) groups excluding carboxylic acids is 2. The monoisotopic (exact) mass is 406 g/mol. The number of benzene rings is 2. The maximum Gasteiger partial charge on any atom is 0.338 e. The van der Waals surface area contributed by atoms with Crippen LogP contribution in [-0.2, 0) is 19.6 Å². The predicted molar refractivity (Wildman–Crippen MR) is 98.8 cm³/mol. The molecule has 2 aromatic carbocycles. The van der Waals surface area contributed by atoms with Crippen LogP contribution < -0.4 is 19.9 Å². The molecule has 1 amide bonds. The van der Waals surface area contributed by atoms with Crippen LogP contribution in [-0.4, -0.2) is 40.1 Å². The number of rotatable bonds is 6. The fourth-order valence-electron chi connectivity index (χ4n) is 2.42. The summed E-state index contributed by atoms with van der Waals surface area (Å²) in [6.45, 7) is 0.417. The summed E-state index contributed by atoms with van der Waals surface area (Å²) in [6, 6.07) is 9.92. The van der Waals surface area contributed by atoms with Gasteiger partial charge in [-0.3, -0.25) is 9.52 Å². The van der Waals surface area contributed by atoms with Crippen LogP contribution in [0.1, 0.15) is 16.8 Å². The van der Waals surface area contributed by atoms with Crippen molar-refractivity contribution in [1.29, 1.82) is 0 Å². The van der Waals surface area contributed by atoms with Crippen molar-refractivity contribution in [3.8, 4) is 11.5 Å². The zero-order valence-electron chi connectivity index (χ0n) is 14.7. The molecular formula is C18H18N2O7S. The van der Waals surface area contributed by atoms with Gasteiger partial charge < -0.3 is 19.9 Å². The average Bonchev–Trinajstić information content (AvgIpc) is 2.91. The Hall–Kier alpha value is -3.27. The summed E-state index contributed by atoms with van der Waals surface area (Å²) >= 11 is 0. The molecule has 0 bridgehead atoms. The normalized spacial score (nSPS) is 13.3. The molecule has 1 aliphatic heterocycles. The molecule has 0 fully saturated rings. The summed E-state index contributed by atoms with van der Waals surface area (Å²) in [4.78, 5) is 22.4. The summed E-state index contributed by atoms with van der Waals surface area (Å²) in [7, 11) is -3.88. The first kappa shape index (κ1) is 19.5. The maximum atomic E-state index is 12.6. The molecule has 0 aromatic heterocycles. The number of hydrogen-bond acceptors (Lipinski definition) is 7. The van der Waals surface area contributed by atoms with Gasteiger partial charge in [-0.1, -0.05) is 0 Å². The minimum Gasteiger partial charge on any atom is -0.490 e. The number of ether oxygens (including phenoxy) is 3. The van der Waals surface area contributed by atoms with Gasteiger partial charge in [0.2, 0.25) is 0 Å². The van der Waals surface area contributed by atoms with E-state index >= 15 is 0 Å². The van der Waals surface area contributed by atoms with Crippen molar-refractivity contribution in [3.63, 3.8) is 0 Å². The van der Waals surface area contributed by atoms with E-state index in [1.807, 2.05) is 0 Å². The molecule has 0 spiro atoms. The predicted octanol–water partition coefficient (Wildman–Crippen LogP) is 1.29. The highest BCUT2D eigenvalue weighted by Crippen LogP contribution is 2.32. The number of hydrogen-bond donors (Lipinski definition) is 2. The Morgan fingerprint density at radius 2 is 1.71 bits per heavy atom. The molecule has 148 valence electrons. The first-order valence-electron chi connectivity index (χ1n) is 8.33. The standard InChI is InChI=1S/C18H18N2O7S/c19-17(21)11-27-18(22)12-2-4-13(5-3-12)20-28(23,24)14-6-7-15-16(10-14)26-9-1-8-25-15/h2-7,10,20H,1,8-9,11H2,(H2,19,21). The lowest BCUT2D eigenvalue weighted by Gasteiger charge is -2.12. The first-order valence-corrected chi connectivity index (χ1v) is 9.81. The van der Waals surface area contributed by atoms with Crippen LogP contribution in [0.4, 0.5) is 5.69 Å². The van der Waals surface area contributed by atoms with E-state index in [2.05, 4.69) is 9.46 Å². The maximum absolute atomic E-state index is 12.6. The van der Waals surface area contributed by atoms with Crippen LogP contribution in [0.15, 0.2) is 47.4 Å². The van der Waals surface area contributed by atoms with Crippen molar-refractivity contribution in [2.75, 3.05) is 24.5 Å². The van der Waals surface area contributed by atoms with Crippen LogP contribution in [0.3, 0.4) is 0 Å². The zero-order chi connectivity index (χ0) is 20.1. The third kappa shape index (κ3) is 4.71. The Labute approximate surface area is 161 Å². The Morgan fingerprint density at radius 1 is 1.04 bits per heavy atom. The number of sulfonamides is 1. The van der Waals surface area contributed by atoms with Gasteiger partial charge in [0.05, 0.1) is 23.7 Å². The van der Waals surface area contributed by atoms with E-state index in [-0.39, 0.29) is 16.1 Å². The number of nitrogens with two attached hydrogens (primary N) is 1. The number of fused-ring (bicyclic) bond motifs is 1. The zero-order valence-corrected chi connectivity index (χ0v) is 15.5. The highest BCUT2D eigenvalue weighted by Gasteiger charge is 2.19. The summed E-state index contributed by atoms with van der Waals surface area (Å²) in [6.07, 6.45) is 0.712. The lowest BCUT2D eigenvalue weighted by atomic mass is 10.2. The smallest absolute Gasteiger partial charge is 0.338 e. The quantitative estimate of drug-likeness (QED) is 0.690. The van der Waals surface area contributed by atoms with Crippen molar-refractivity contribution in [1.82, 2.24) is 0 Å². The van der Waals surface area contributed by atoms with Crippen LogP contribution in [0.25, 0.3) is 0 Å². The second kappa shape index (κ2) is 8.17. The van der Waals surface area contributed by atoms with Crippen molar-refractivity contribution < 1.29 is 32.2 Å². The highest BCUT2D eigenvalue weighted by atomic mass is 32.2. The Bertz CT molecular complexity index is 987. The van der Waals surface area contributed by atoms with E-state index in [9.17, 15) is 18.0 Å². The van der Waals surface area contributed by atoms with Gasteiger partial charge in [-0.25, -0.2) is 13.2 Å². The van der Waals surface area contributed by atoms with Crippen LogP contribution in [0.5, 0.6) is 11.5 Å². The largest absolute Gasteiger partial charge is 0.490 e. The van der Waals surface area contributed by atoms with Gasteiger partial charge in [0, 0.05) is 18.2 Å².